The van der Waals surface area contributed by atoms with Gasteiger partial charge in [-0.1, -0.05) is 6.07 Å². The number of aromatic amines is 2. The molecule has 0 saturated carbocycles. The van der Waals surface area contributed by atoms with E-state index in [-0.39, 0.29) is 5.69 Å². The topological polar surface area (TPSA) is 78.6 Å². The van der Waals surface area contributed by atoms with E-state index in [0.29, 0.717) is 5.01 Å². The van der Waals surface area contributed by atoms with Gasteiger partial charge in [0.1, 0.15) is 0 Å². The SMILES string of the molecule is Cc1sc(C=O)nc1-c1ccc2[nH]c(=O)[nH]c2c1. The molecule has 3 rings (SSSR count). The van der Waals surface area contributed by atoms with Crippen molar-refractivity contribution in [3.8, 4) is 11.3 Å². The minimum Gasteiger partial charge on any atom is -0.306 e. The highest BCUT2D eigenvalue weighted by molar-refractivity contribution is 7.13. The van der Waals surface area contributed by atoms with Gasteiger partial charge in [0, 0.05) is 10.4 Å². The highest BCUT2D eigenvalue weighted by atomic mass is 32.1. The molecule has 0 unspecified atom stereocenters. The summed E-state index contributed by atoms with van der Waals surface area (Å²) in [6, 6.07) is 5.55. The number of fused-ring (bicyclic) bond motifs is 1. The number of nitrogens with zero attached hydrogens (tertiary/aromatic N) is 1. The number of aryl methyl sites for hydroxylation is 1. The second-order valence-corrected chi connectivity index (χ2v) is 5.15. The van der Waals surface area contributed by atoms with Crippen LogP contribution >= 0.6 is 11.3 Å². The molecule has 18 heavy (non-hydrogen) atoms. The lowest BCUT2D eigenvalue weighted by molar-refractivity contribution is 0.112. The van der Waals surface area contributed by atoms with Crippen LogP contribution in [0.4, 0.5) is 0 Å². The number of nitrogens with one attached hydrogen (secondary N) is 2. The summed E-state index contributed by atoms with van der Waals surface area (Å²) in [6.07, 6.45) is 0.748. The van der Waals surface area contributed by atoms with Crippen molar-refractivity contribution in [3.63, 3.8) is 0 Å². The zero-order chi connectivity index (χ0) is 12.7. The molecule has 90 valence electrons. The van der Waals surface area contributed by atoms with Crippen LogP contribution in [-0.2, 0) is 0 Å². The molecule has 2 heterocycles. The first-order valence-electron chi connectivity index (χ1n) is 5.32. The third kappa shape index (κ3) is 1.67. The molecule has 0 radical (unpaired) electrons. The van der Waals surface area contributed by atoms with Crippen molar-refractivity contribution >= 4 is 28.7 Å². The van der Waals surface area contributed by atoms with E-state index in [1.54, 1.807) is 0 Å². The monoisotopic (exact) mass is 259 g/mol. The Morgan fingerprint density at radius 2 is 2.06 bits per heavy atom. The summed E-state index contributed by atoms with van der Waals surface area (Å²) < 4.78 is 0. The number of thiazole rings is 1. The largest absolute Gasteiger partial charge is 0.323 e. The normalized spacial score (nSPS) is 10.9. The quantitative estimate of drug-likeness (QED) is 0.692. The van der Waals surface area contributed by atoms with E-state index in [0.717, 1.165) is 33.5 Å². The molecule has 2 aromatic heterocycles. The van der Waals surface area contributed by atoms with Gasteiger partial charge in [0.2, 0.25) is 0 Å². The highest BCUT2D eigenvalue weighted by Gasteiger charge is 2.10. The van der Waals surface area contributed by atoms with Gasteiger partial charge in [-0.05, 0) is 19.1 Å². The third-order valence-corrected chi connectivity index (χ3v) is 3.60. The van der Waals surface area contributed by atoms with Crippen LogP contribution in [0.3, 0.4) is 0 Å². The Hall–Kier alpha value is -2.21. The molecule has 0 atom stereocenters. The minimum absolute atomic E-state index is 0.231. The van der Waals surface area contributed by atoms with E-state index in [1.807, 2.05) is 25.1 Å². The van der Waals surface area contributed by atoms with Gasteiger partial charge >= 0.3 is 5.69 Å². The van der Waals surface area contributed by atoms with E-state index >= 15 is 0 Å². The number of carbonyl (C=O) groups is 1. The summed E-state index contributed by atoms with van der Waals surface area (Å²) in [5, 5.41) is 0.463. The Labute approximate surface area is 106 Å². The van der Waals surface area contributed by atoms with Gasteiger partial charge in [0.25, 0.3) is 0 Å². The number of aromatic nitrogens is 3. The van der Waals surface area contributed by atoms with Crippen molar-refractivity contribution < 1.29 is 4.79 Å². The Morgan fingerprint density at radius 3 is 2.78 bits per heavy atom. The summed E-state index contributed by atoms with van der Waals surface area (Å²) in [5.41, 5.74) is 2.93. The number of hydrogen-bond donors (Lipinski definition) is 2. The molecule has 0 bridgehead atoms. The molecule has 0 aliphatic rings. The number of H-pyrrole nitrogens is 2. The first kappa shape index (κ1) is 10.9. The second kappa shape index (κ2) is 3.92. The van der Waals surface area contributed by atoms with E-state index in [1.165, 1.54) is 11.3 Å². The standard InChI is InChI=1S/C12H9N3O2S/c1-6-11(15-10(5-16)18-6)7-2-3-8-9(4-7)14-12(17)13-8/h2-5H,1H3,(H2,13,14,17). The molecule has 0 fully saturated rings. The first-order chi connectivity index (χ1) is 8.67. The molecule has 5 nitrogen and oxygen atoms in total. The summed E-state index contributed by atoms with van der Waals surface area (Å²) in [4.78, 5) is 32.5. The predicted octanol–water partition coefficient (Wildman–Crippen LogP) is 2.10. The minimum atomic E-state index is -0.231. The van der Waals surface area contributed by atoms with Crippen molar-refractivity contribution in [1.82, 2.24) is 15.0 Å². The zero-order valence-electron chi connectivity index (χ0n) is 9.48. The van der Waals surface area contributed by atoms with Gasteiger partial charge in [-0.2, -0.15) is 0 Å². The maximum absolute atomic E-state index is 11.2. The van der Waals surface area contributed by atoms with Crippen molar-refractivity contribution in [2.45, 2.75) is 6.92 Å². The van der Waals surface area contributed by atoms with Crippen LogP contribution in [0.25, 0.3) is 22.3 Å². The second-order valence-electron chi connectivity index (χ2n) is 3.91. The van der Waals surface area contributed by atoms with Crippen LogP contribution in [0.5, 0.6) is 0 Å². The molecule has 0 aliphatic heterocycles. The molecule has 0 saturated heterocycles. The molecule has 0 aliphatic carbocycles. The average Bonchev–Trinajstić information content (AvgIpc) is 2.89. The zero-order valence-corrected chi connectivity index (χ0v) is 10.3. The number of benzene rings is 1. The molecular formula is C12H9N3O2S. The molecular weight excluding hydrogens is 250 g/mol. The van der Waals surface area contributed by atoms with Gasteiger partial charge in [-0.15, -0.1) is 11.3 Å². The van der Waals surface area contributed by atoms with E-state index in [2.05, 4.69) is 15.0 Å². The van der Waals surface area contributed by atoms with E-state index < -0.39 is 0 Å². The highest BCUT2D eigenvalue weighted by Crippen LogP contribution is 2.28. The van der Waals surface area contributed by atoms with Gasteiger partial charge in [-0.25, -0.2) is 9.78 Å². The predicted molar refractivity (Wildman–Crippen MR) is 70.2 cm³/mol. The van der Waals surface area contributed by atoms with E-state index in [9.17, 15) is 9.59 Å². The van der Waals surface area contributed by atoms with Gasteiger partial charge < -0.3 is 9.97 Å². The van der Waals surface area contributed by atoms with Crippen molar-refractivity contribution in [1.29, 1.82) is 0 Å². The van der Waals surface area contributed by atoms with Crippen molar-refractivity contribution in [2.75, 3.05) is 0 Å². The lowest BCUT2D eigenvalue weighted by atomic mass is 10.1. The lowest BCUT2D eigenvalue weighted by Gasteiger charge is -1.98. The number of hydrogen-bond acceptors (Lipinski definition) is 4. The van der Waals surface area contributed by atoms with Crippen molar-refractivity contribution in [2.24, 2.45) is 0 Å². The fourth-order valence-electron chi connectivity index (χ4n) is 1.91. The molecule has 2 N–H and O–H groups in total. The Balaban J connectivity index is 2.20. The fraction of sp³-hybridized carbons (Fsp3) is 0.0833. The molecule has 3 aromatic rings. The summed E-state index contributed by atoms with van der Waals surface area (Å²) >= 11 is 1.36. The molecule has 0 amide bonds. The van der Waals surface area contributed by atoms with Crippen LogP contribution in [0.15, 0.2) is 23.0 Å². The summed E-state index contributed by atoms with van der Waals surface area (Å²) in [6.45, 7) is 1.92. The van der Waals surface area contributed by atoms with Crippen LogP contribution in [-0.4, -0.2) is 21.2 Å². The Morgan fingerprint density at radius 1 is 1.28 bits per heavy atom. The lowest BCUT2D eigenvalue weighted by Crippen LogP contribution is -1.99. The molecule has 0 spiro atoms. The maximum atomic E-state index is 11.2. The average molecular weight is 259 g/mol. The summed E-state index contributed by atoms with van der Waals surface area (Å²) in [5.74, 6) is 0. The van der Waals surface area contributed by atoms with Crippen LogP contribution < -0.4 is 5.69 Å². The van der Waals surface area contributed by atoms with E-state index in [4.69, 9.17) is 0 Å². The first-order valence-corrected chi connectivity index (χ1v) is 6.14. The molecule has 6 heteroatoms. The number of carbonyl (C=O) groups excluding carboxylic acids is 1. The number of imidazole rings is 1. The van der Waals surface area contributed by atoms with Crippen LogP contribution in [0.2, 0.25) is 0 Å². The summed E-state index contributed by atoms with van der Waals surface area (Å²) in [7, 11) is 0. The fourth-order valence-corrected chi connectivity index (χ4v) is 2.67. The number of rotatable bonds is 2. The van der Waals surface area contributed by atoms with Crippen LogP contribution in [0, 0.1) is 6.92 Å². The molecule has 1 aromatic carbocycles. The third-order valence-electron chi connectivity index (χ3n) is 2.70. The van der Waals surface area contributed by atoms with Crippen molar-refractivity contribution in [3.05, 3.63) is 38.6 Å². The van der Waals surface area contributed by atoms with Gasteiger partial charge in [0.05, 0.1) is 16.7 Å². The smallest absolute Gasteiger partial charge is 0.306 e. The Bertz CT molecular complexity index is 797. The van der Waals surface area contributed by atoms with Gasteiger partial charge in [0.15, 0.2) is 11.3 Å². The van der Waals surface area contributed by atoms with Crippen LogP contribution in [0.1, 0.15) is 14.7 Å². The van der Waals surface area contributed by atoms with Gasteiger partial charge in [-0.3, -0.25) is 4.79 Å². The number of aldehydes is 1. The Kier molecular flexibility index (Phi) is 2.38. The maximum Gasteiger partial charge on any atom is 0.323 e.